The molecule has 0 aliphatic carbocycles. The van der Waals surface area contributed by atoms with Crippen LogP contribution in [0, 0.1) is 0 Å². The van der Waals surface area contributed by atoms with E-state index in [-0.39, 0.29) is 6.42 Å². The third kappa shape index (κ3) is 3.16. The highest BCUT2D eigenvalue weighted by atomic mass is 16.4. The highest BCUT2D eigenvalue weighted by Gasteiger charge is 2.24. The van der Waals surface area contributed by atoms with Gasteiger partial charge in [-0.15, -0.1) is 0 Å². The summed E-state index contributed by atoms with van der Waals surface area (Å²) in [6, 6.07) is 8.14. The fourth-order valence-electron chi connectivity index (χ4n) is 2.01. The normalized spacial score (nSPS) is 13.9. The Balaban J connectivity index is 2.05. The Kier molecular flexibility index (Phi) is 4.05. The Hall–Kier alpha value is -2.34. The van der Waals surface area contributed by atoms with Gasteiger partial charge in [-0.05, 0) is 24.4 Å². The highest BCUT2D eigenvalue weighted by molar-refractivity contribution is 5.87. The first-order chi connectivity index (χ1) is 9.47. The molecule has 4 N–H and O–H groups in total. The molecule has 0 saturated heterocycles. The number of carbonyl (C=O) groups is 2. The average Bonchev–Trinajstić information content (AvgIpc) is 2.77. The summed E-state index contributed by atoms with van der Waals surface area (Å²) in [7, 11) is 0. The van der Waals surface area contributed by atoms with Crippen LogP contribution in [0.5, 0.6) is 0 Å². The summed E-state index contributed by atoms with van der Waals surface area (Å²) < 4.78 is 0. The number of aliphatic hydroxyl groups excluding tert-OH is 1. The molecule has 1 aromatic heterocycles. The monoisotopic (exact) mass is 276 g/mol. The van der Waals surface area contributed by atoms with Gasteiger partial charge in [0.2, 0.25) is 5.91 Å². The molecule has 0 fully saturated rings. The molecular formula is C14H16N2O4. The summed E-state index contributed by atoms with van der Waals surface area (Å²) in [5.41, 5.74) is 1.61. The number of para-hydroxylation sites is 1. The Morgan fingerprint density at radius 2 is 2.05 bits per heavy atom. The molecule has 0 aliphatic heterocycles. The van der Waals surface area contributed by atoms with Gasteiger partial charge in [0.1, 0.15) is 0 Å². The van der Waals surface area contributed by atoms with Crippen LogP contribution in [-0.2, 0) is 16.0 Å². The molecule has 0 aliphatic rings. The van der Waals surface area contributed by atoms with Crippen molar-refractivity contribution in [2.75, 3.05) is 0 Å². The van der Waals surface area contributed by atoms with Gasteiger partial charge in [-0.1, -0.05) is 18.2 Å². The number of rotatable bonds is 5. The number of fused-ring (bicyclic) bond motifs is 1. The third-order valence-corrected chi connectivity index (χ3v) is 3.00. The molecule has 0 spiro atoms. The Morgan fingerprint density at radius 1 is 1.35 bits per heavy atom. The van der Waals surface area contributed by atoms with Crippen LogP contribution in [0.2, 0.25) is 0 Å². The van der Waals surface area contributed by atoms with Crippen molar-refractivity contribution in [1.82, 2.24) is 10.3 Å². The van der Waals surface area contributed by atoms with E-state index in [1.165, 1.54) is 6.92 Å². The number of amides is 1. The van der Waals surface area contributed by atoms with E-state index in [4.69, 9.17) is 5.11 Å². The molecule has 0 bridgehead atoms. The first-order valence-electron chi connectivity index (χ1n) is 6.24. The van der Waals surface area contributed by atoms with E-state index in [9.17, 15) is 14.7 Å². The minimum absolute atomic E-state index is 0.0329. The van der Waals surface area contributed by atoms with Crippen molar-refractivity contribution in [3.8, 4) is 0 Å². The molecule has 106 valence electrons. The lowest BCUT2D eigenvalue weighted by atomic mass is 10.1. The largest absolute Gasteiger partial charge is 0.480 e. The summed E-state index contributed by atoms with van der Waals surface area (Å²) in [6.07, 6.45) is -1.12. The van der Waals surface area contributed by atoms with Crippen LogP contribution in [0.15, 0.2) is 30.3 Å². The van der Waals surface area contributed by atoms with Gasteiger partial charge in [-0.2, -0.15) is 0 Å². The Morgan fingerprint density at radius 3 is 2.65 bits per heavy atom. The zero-order chi connectivity index (χ0) is 14.7. The second kappa shape index (κ2) is 5.75. The number of carboxylic acids is 1. The second-order valence-corrected chi connectivity index (χ2v) is 4.68. The molecule has 0 unspecified atom stereocenters. The molecule has 2 aromatic rings. The minimum atomic E-state index is -1.30. The van der Waals surface area contributed by atoms with E-state index in [0.29, 0.717) is 5.69 Å². The van der Waals surface area contributed by atoms with Crippen molar-refractivity contribution in [2.45, 2.75) is 25.5 Å². The maximum Gasteiger partial charge on any atom is 0.328 e. The zero-order valence-corrected chi connectivity index (χ0v) is 11.0. The molecule has 2 rings (SSSR count). The van der Waals surface area contributed by atoms with E-state index in [0.717, 1.165) is 10.9 Å². The SMILES string of the molecule is C[C@@H](O)[C@H](NC(=O)Cc1cc2ccccc2[nH]1)C(=O)O. The molecule has 1 aromatic carbocycles. The van der Waals surface area contributed by atoms with E-state index in [2.05, 4.69) is 10.3 Å². The highest BCUT2D eigenvalue weighted by Crippen LogP contribution is 2.14. The molecule has 6 heteroatoms. The number of carboxylic acid groups (broad SMARTS) is 1. The van der Waals surface area contributed by atoms with Gasteiger partial charge in [0.05, 0.1) is 12.5 Å². The van der Waals surface area contributed by atoms with Crippen LogP contribution in [0.4, 0.5) is 0 Å². The average molecular weight is 276 g/mol. The summed E-state index contributed by atoms with van der Waals surface area (Å²) in [4.78, 5) is 25.8. The predicted octanol–water partition coefficient (Wildman–Crippen LogP) is 0.661. The lowest BCUT2D eigenvalue weighted by molar-refractivity contribution is -0.144. The lowest BCUT2D eigenvalue weighted by Gasteiger charge is -2.16. The van der Waals surface area contributed by atoms with Gasteiger partial charge < -0.3 is 20.5 Å². The van der Waals surface area contributed by atoms with Crippen LogP contribution >= 0.6 is 0 Å². The quantitative estimate of drug-likeness (QED) is 0.644. The molecule has 1 amide bonds. The first kappa shape index (κ1) is 14.1. The zero-order valence-electron chi connectivity index (χ0n) is 11.0. The van der Waals surface area contributed by atoms with Crippen molar-refractivity contribution in [3.05, 3.63) is 36.0 Å². The van der Waals surface area contributed by atoms with Gasteiger partial charge in [-0.3, -0.25) is 4.79 Å². The number of aliphatic carboxylic acids is 1. The summed E-state index contributed by atoms with van der Waals surface area (Å²) >= 11 is 0. The number of carbonyl (C=O) groups excluding carboxylic acids is 1. The van der Waals surface area contributed by atoms with Crippen LogP contribution in [0.1, 0.15) is 12.6 Å². The lowest BCUT2D eigenvalue weighted by Crippen LogP contribution is -2.48. The number of aromatic nitrogens is 1. The number of nitrogens with one attached hydrogen (secondary N) is 2. The molecule has 20 heavy (non-hydrogen) atoms. The molecule has 6 nitrogen and oxygen atoms in total. The van der Waals surface area contributed by atoms with E-state index in [1.54, 1.807) is 0 Å². The van der Waals surface area contributed by atoms with Gasteiger partial charge in [0, 0.05) is 11.2 Å². The fraction of sp³-hybridized carbons (Fsp3) is 0.286. The second-order valence-electron chi connectivity index (χ2n) is 4.68. The Labute approximate surface area is 115 Å². The molecule has 2 atom stereocenters. The van der Waals surface area contributed by atoms with Crippen molar-refractivity contribution in [3.63, 3.8) is 0 Å². The van der Waals surface area contributed by atoms with Gasteiger partial charge in [-0.25, -0.2) is 4.79 Å². The van der Waals surface area contributed by atoms with E-state index < -0.39 is 24.0 Å². The first-order valence-corrected chi connectivity index (χ1v) is 6.24. The number of aromatic amines is 1. The van der Waals surface area contributed by atoms with Crippen LogP contribution in [-0.4, -0.2) is 39.2 Å². The molecule has 1 heterocycles. The maximum absolute atomic E-state index is 11.8. The fourth-order valence-corrected chi connectivity index (χ4v) is 2.01. The number of benzene rings is 1. The topological polar surface area (TPSA) is 102 Å². The van der Waals surface area contributed by atoms with Gasteiger partial charge in [0.25, 0.3) is 0 Å². The number of hydrogen-bond donors (Lipinski definition) is 4. The molecular weight excluding hydrogens is 260 g/mol. The van der Waals surface area contributed by atoms with Crippen molar-refractivity contribution in [2.24, 2.45) is 0 Å². The van der Waals surface area contributed by atoms with E-state index in [1.807, 2.05) is 30.3 Å². The van der Waals surface area contributed by atoms with Crippen molar-refractivity contribution >= 4 is 22.8 Å². The van der Waals surface area contributed by atoms with Crippen LogP contribution in [0.25, 0.3) is 10.9 Å². The van der Waals surface area contributed by atoms with Gasteiger partial charge in [0.15, 0.2) is 6.04 Å². The van der Waals surface area contributed by atoms with E-state index >= 15 is 0 Å². The number of aliphatic hydroxyl groups is 1. The van der Waals surface area contributed by atoms with Gasteiger partial charge >= 0.3 is 5.97 Å². The van der Waals surface area contributed by atoms with Crippen LogP contribution in [0.3, 0.4) is 0 Å². The number of hydrogen-bond acceptors (Lipinski definition) is 3. The van der Waals surface area contributed by atoms with Crippen molar-refractivity contribution < 1.29 is 19.8 Å². The summed E-state index contributed by atoms with van der Waals surface area (Å²) in [5.74, 6) is -1.71. The smallest absolute Gasteiger partial charge is 0.328 e. The van der Waals surface area contributed by atoms with Crippen LogP contribution < -0.4 is 5.32 Å². The number of H-pyrrole nitrogens is 1. The summed E-state index contributed by atoms with van der Waals surface area (Å²) in [5, 5.41) is 21.5. The molecule has 0 saturated carbocycles. The predicted molar refractivity (Wildman–Crippen MR) is 73.3 cm³/mol. The molecule has 0 radical (unpaired) electrons. The van der Waals surface area contributed by atoms with Crippen molar-refractivity contribution in [1.29, 1.82) is 0 Å². The summed E-state index contributed by atoms with van der Waals surface area (Å²) in [6.45, 7) is 1.32. The maximum atomic E-state index is 11.8. The minimum Gasteiger partial charge on any atom is -0.480 e. The third-order valence-electron chi connectivity index (χ3n) is 3.00. The Bertz CT molecular complexity index is 600. The standard InChI is InChI=1S/C14H16N2O4/c1-8(17)13(14(19)20)16-12(18)7-10-6-9-4-2-3-5-11(9)15-10/h2-6,8,13,15,17H,7H2,1H3,(H,16,18)(H,19,20)/t8-,13+/m1/s1.